The average Bonchev–Trinajstić information content (AvgIpc) is 2.16. The molecular formula is C7H16O6. The van der Waals surface area contributed by atoms with Gasteiger partial charge in [0.1, 0.15) is 0 Å². The smallest absolute Gasteiger partial charge is 0.307 e. The molecule has 0 aliphatic rings. The number of esters is 1. The molecule has 0 aromatic rings. The Morgan fingerprint density at radius 1 is 1.00 bits per heavy atom. The lowest BCUT2D eigenvalue weighted by Crippen LogP contribution is -2.05. The molecule has 0 rings (SSSR count). The maximum absolute atomic E-state index is 10.3. The molecular weight excluding hydrogens is 180 g/mol. The predicted molar refractivity (Wildman–Crippen MR) is 43.7 cm³/mol. The molecule has 0 saturated heterocycles. The summed E-state index contributed by atoms with van der Waals surface area (Å²) in [5, 5.41) is 31.5. The molecule has 6 nitrogen and oxygen atoms in total. The van der Waals surface area contributed by atoms with E-state index < -0.39 is 12.8 Å². The number of rotatable bonds is 5. The van der Waals surface area contributed by atoms with Crippen LogP contribution in [0.2, 0.25) is 0 Å². The Morgan fingerprint density at radius 2 is 1.54 bits per heavy atom. The Morgan fingerprint density at radius 3 is 1.85 bits per heavy atom. The lowest BCUT2D eigenvalue weighted by atomic mass is 10.3. The van der Waals surface area contributed by atoms with Crippen molar-refractivity contribution in [3.63, 3.8) is 0 Å². The van der Waals surface area contributed by atoms with Crippen molar-refractivity contribution >= 4 is 5.97 Å². The number of hydrogen-bond donors (Lipinski definition) is 4. The van der Waals surface area contributed by atoms with Gasteiger partial charge in [0.25, 0.3) is 0 Å². The van der Waals surface area contributed by atoms with Crippen LogP contribution in [0, 0.1) is 0 Å². The fraction of sp³-hybridized carbons (Fsp3) is 0.857. The third-order valence-corrected chi connectivity index (χ3v) is 0.865. The molecule has 0 aliphatic carbocycles. The van der Waals surface area contributed by atoms with Crippen LogP contribution < -0.4 is 0 Å². The minimum atomic E-state index is -0.579. The molecule has 0 spiro atoms. The zero-order valence-electron chi connectivity index (χ0n) is 7.35. The van der Waals surface area contributed by atoms with E-state index in [2.05, 4.69) is 4.74 Å². The first-order valence-corrected chi connectivity index (χ1v) is 3.82. The van der Waals surface area contributed by atoms with E-state index in [-0.39, 0.29) is 26.2 Å². The Balaban J connectivity index is 0. The van der Waals surface area contributed by atoms with Gasteiger partial charge in [0.2, 0.25) is 0 Å². The van der Waals surface area contributed by atoms with Gasteiger partial charge in [0, 0.05) is 13.0 Å². The zero-order chi connectivity index (χ0) is 10.5. The van der Waals surface area contributed by atoms with Crippen LogP contribution in [0.3, 0.4) is 0 Å². The first kappa shape index (κ1) is 14.8. The third-order valence-electron chi connectivity index (χ3n) is 0.865. The topological polar surface area (TPSA) is 107 Å². The lowest BCUT2D eigenvalue weighted by molar-refractivity contribution is -0.152. The number of carbonyl (C=O) groups is 1. The monoisotopic (exact) mass is 196 g/mol. The van der Waals surface area contributed by atoms with Gasteiger partial charge >= 0.3 is 5.97 Å². The van der Waals surface area contributed by atoms with Crippen LogP contribution in [-0.2, 0) is 9.53 Å². The van der Waals surface area contributed by atoms with Crippen molar-refractivity contribution in [2.24, 2.45) is 0 Å². The van der Waals surface area contributed by atoms with E-state index in [0.717, 1.165) is 0 Å². The Labute approximate surface area is 76.4 Å². The van der Waals surface area contributed by atoms with Gasteiger partial charge < -0.3 is 25.2 Å². The summed E-state index contributed by atoms with van der Waals surface area (Å²) in [6.45, 7) is -0.856. The summed E-state index contributed by atoms with van der Waals surface area (Å²) < 4.78 is 4.15. The minimum Gasteiger partial charge on any atom is -0.439 e. The largest absolute Gasteiger partial charge is 0.439 e. The van der Waals surface area contributed by atoms with E-state index in [4.69, 9.17) is 20.4 Å². The maximum atomic E-state index is 10.3. The normalized spacial score (nSPS) is 8.62. The summed E-state index contributed by atoms with van der Waals surface area (Å²) in [4.78, 5) is 10.3. The first-order valence-electron chi connectivity index (χ1n) is 3.82. The van der Waals surface area contributed by atoms with E-state index in [0.29, 0.717) is 6.42 Å². The van der Waals surface area contributed by atoms with Gasteiger partial charge in [-0.15, -0.1) is 0 Å². The van der Waals surface area contributed by atoms with Gasteiger partial charge in [0.15, 0.2) is 6.79 Å². The zero-order valence-corrected chi connectivity index (χ0v) is 7.35. The standard InChI is InChI=1S/C5H10O4.C2H6O2/c6-3-1-2-5(8)9-4-7;3-1-2-4/h6-7H,1-4H2;3-4H,1-2H2. The Bertz CT molecular complexity index is 103. The molecule has 4 N–H and O–H groups in total. The van der Waals surface area contributed by atoms with E-state index >= 15 is 0 Å². The molecule has 0 bridgehead atoms. The Hall–Kier alpha value is -0.690. The van der Waals surface area contributed by atoms with Crippen molar-refractivity contribution in [2.75, 3.05) is 26.6 Å². The van der Waals surface area contributed by atoms with E-state index in [1.807, 2.05) is 0 Å². The highest BCUT2D eigenvalue weighted by Crippen LogP contribution is 1.89. The van der Waals surface area contributed by atoms with Gasteiger partial charge in [-0.2, -0.15) is 0 Å². The van der Waals surface area contributed by atoms with Crippen LogP contribution in [0.1, 0.15) is 12.8 Å². The molecule has 0 fully saturated rings. The quantitative estimate of drug-likeness (QED) is 0.306. The molecule has 0 radical (unpaired) electrons. The molecule has 0 atom stereocenters. The van der Waals surface area contributed by atoms with Gasteiger partial charge in [-0.25, -0.2) is 0 Å². The molecule has 6 heteroatoms. The van der Waals surface area contributed by atoms with Gasteiger partial charge in [-0.1, -0.05) is 0 Å². The van der Waals surface area contributed by atoms with E-state index in [9.17, 15) is 4.79 Å². The molecule has 0 amide bonds. The second kappa shape index (κ2) is 13.9. The highest BCUT2D eigenvalue weighted by atomic mass is 16.6. The highest BCUT2D eigenvalue weighted by Gasteiger charge is 1.98. The fourth-order valence-corrected chi connectivity index (χ4v) is 0.368. The van der Waals surface area contributed by atoms with Crippen molar-refractivity contribution in [3.05, 3.63) is 0 Å². The molecule has 0 saturated carbocycles. The third kappa shape index (κ3) is 18.3. The summed E-state index contributed by atoms with van der Waals surface area (Å²) in [6, 6.07) is 0. The van der Waals surface area contributed by atoms with Crippen molar-refractivity contribution < 1.29 is 30.0 Å². The number of aliphatic hydroxyl groups excluding tert-OH is 4. The molecule has 0 heterocycles. The lowest BCUT2D eigenvalue weighted by Gasteiger charge is -1.96. The second-order valence-electron chi connectivity index (χ2n) is 1.92. The molecule has 0 aromatic carbocycles. The highest BCUT2D eigenvalue weighted by molar-refractivity contribution is 5.69. The molecule has 0 aliphatic heterocycles. The van der Waals surface area contributed by atoms with Crippen molar-refractivity contribution in [1.29, 1.82) is 0 Å². The van der Waals surface area contributed by atoms with Crippen LogP contribution in [0.5, 0.6) is 0 Å². The van der Waals surface area contributed by atoms with Crippen LogP contribution >= 0.6 is 0 Å². The number of carbonyl (C=O) groups excluding carboxylic acids is 1. The molecule has 80 valence electrons. The van der Waals surface area contributed by atoms with Crippen molar-refractivity contribution in [1.82, 2.24) is 0 Å². The number of hydrogen-bond acceptors (Lipinski definition) is 6. The molecule has 0 unspecified atom stereocenters. The van der Waals surface area contributed by atoms with E-state index in [1.165, 1.54) is 0 Å². The number of aliphatic hydroxyl groups is 4. The summed E-state index contributed by atoms with van der Waals surface area (Å²) in [7, 11) is 0. The van der Waals surface area contributed by atoms with Crippen molar-refractivity contribution in [3.8, 4) is 0 Å². The number of ether oxygens (including phenoxy) is 1. The summed E-state index contributed by atoms with van der Waals surface area (Å²) in [6.07, 6.45) is 0.551. The molecule has 0 aromatic heterocycles. The van der Waals surface area contributed by atoms with Crippen molar-refractivity contribution in [2.45, 2.75) is 12.8 Å². The van der Waals surface area contributed by atoms with Gasteiger partial charge in [-0.3, -0.25) is 4.79 Å². The summed E-state index contributed by atoms with van der Waals surface area (Å²) in [5.74, 6) is -0.480. The van der Waals surface area contributed by atoms with E-state index in [1.54, 1.807) is 0 Å². The second-order valence-corrected chi connectivity index (χ2v) is 1.92. The van der Waals surface area contributed by atoms with Crippen LogP contribution in [0.25, 0.3) is 0 Å². The van der Waals surface area contributed by atoms with Crippen LogP contribution in [0.4, 0.5) is 0 Å². The summed E-state index contributed by atoms with van der Waals surface area (Å²) >= 11 is 0. The van der Waals surface area contributed by atoms with Crippen LogP contribution in [0.15, 0.2) is 0 Å². The molecule has 13 heavy (non-hydrogen) atoms. The predicted octanol–water partition coefficient (Wildman–Crippen LogP) is -1.78. The van der Waals surface area contributed by atoms with Crippen LogP contribution in [-0.4, -0.2) is 53.0 Å². The minimum absolute atomic E-state index is 0.0273. The SMILES string of the molecule is O=C(CCCO)OCO.OCCO. The van der Waals surface area contributed by atoms with Gasteiger partial charge in [-0.05, 0) is 6.42 Å². The summed E-state index contributed by atoms with van der Waals surface area (Å²) in [5.41, 5.74) is 0. The Kier molecular flexibility index (Phi) is 15.8. The van der Waals surface area contributed by atoms with Gasteiger partial charge in [0.05, 0.1) is 13.2 Å². The fourth-order valence-electron chi connectivity index (χ4n) is 0.368. The first-order chi connectivity index (χ1) is 6.22. The maximum Gasteiger partial charge on any atom is 0.307 e. The average molecular weight is 196 g/mol.